The van der Waals surface area contributed by atoms with Crippen molar-refractivity contribution in [3.05, 3.63) is 57.7 Å². The molecule has 1 saturated heterocycles. The van der Waals surface area contributed by atoms with Gasteiger partial charge in [0.25, 0.3) is 0 Å². The minimum absolute atomic E-state index is 0.0494. The molecule has 8 atom stereocenters. The van der Waals surface area contributed by atoms with E-state index in [9.17, 15) is 19.8 Å². The van der Waals surface area contributed by atoms with Crippen LogP contribution >= 0.6 is 0 Å². The molecule has 2 aromatic rings. The van der Waals surface area contributed by atoms with Crippen molar-refractivity contribution >= 4 is 17.6 Å². The second-order valence-corrected chi connectivity index (χ2v) is 14.2. The molecule has 4 rings (SSSR count). The Hall–Kier alpha value is -3.90. The van der Waals surface area contributed by atoms with Gasteiger partial charge in [-0.15, -0.1) is 0 Å². The number of aromatic carboxylic acids is 1. The molecule has 12 nitrogen and oxygen atoms in total. The summed E-state index contributed by atoms with van der Waals surface area (Å²) in [5.74, 6) is -1.95. The van der Waals surface area contributed by atoms with Crippen molar-refractivity contribution in [2.24, 2.45) is 34.2 Å². The van der Waals surface area contributed by atoms with E-state index in [1.165, 1.54) is 30.4 Å². The van der Waals surface area contributed by atoms with Gasteiger partial charge < -0.3 is 25.2 Å². The number of carboxylic acids is 1. The Morgan fingerprint density at radius 3 is 2.52 bits per heavy atom. The van der Waals surface area contributed by atoms with Crippen molar-refractivity contribution in [1.82, 2.24) is 10.4 Å². The minimum atomic E-state index is -1.12. The summed E-state index contributed by atoms with van der Waals surface area (Å²) in [6, 6.07) is 6.40. The number of methoxy groups -OCH3 is 1. The minimum Gasteiger partial charge on any atom is -0.496 e. The molecule has 1 amide bonds. The molecule has 1 aliphatic heterocycles. The van der Waals surface area contributed by atoms with Crippen LogP contribution in [0.4, 0.5) is 10.1 Å². The number of hydrogen-bond donors (Lipinski definition) is 3. The summed E-state index contributed by atoms with van der Waals surface area (Å²) in [6.07, 6.45) is -1.12. The number of rotatable bonds is 11. The molecule has 1 saturated carbocycles. The number of aliphatic hydroxyl groups excluding tert-OH is 1. The molecule has 13 heteroatoms. The highest BCUT2D eigenvalue weighted by atomic mass is 19.1. The molecule has 3 N–H and O–H groups in total. The van der Waals surface area contributed by atoms with Gasteiger partial charge in [-0.3, -0.25) is 9.63 Å². The number of ether oxygens (including phenoxy) is 1. The normalized spacial score (nSPS) is 27.5. The number of hydroxylamine groups is 2. The monoisotopic (exact) mass is 668 g/mol. The zero-order valence-corrected chi connectivity index (χ0v) is 29.3. The van der Waals surface area contributed by atoms with Gasteiger partial charge in [0.1, 0.15) is 17.6 Å². The zero-order valence-electron chi connectivity index (χ0n) is 29.3. The average Bonchev–Trinajstić information content (AvgIpc) is 3.40. The maximum absolute atomic E-state index is 15.8. The topological polar surface area (TPSA) is 160 Å². The molecule has 2 fully saturated rings. The lowest BCUT2D eigenvalue weighted by molar-refractivity contribution is -0.175. The molecule has 48 heavy (non-hydrogen) atoms. The maximum Gasteiger partial charge on any atom is 0.335 e. The van der Waals surface area contributed by atoms with Gasteiger partial charge in [-0.05, 0) is 77.9 Å². The van der Waals surface area contributed by atoms with Crippen LogP contribution in [0.3, 0.4) is 0 Å². The van der Waals surface area contributed by atoms with E-state index in [0.717, 1.165) is 6.42 Å². The van der Waals surface area contributed by atoms with Crippen LogP contribution in [0.5, 0.6) is 5.75 Å². The van der Waals surface area contributed by atoms with Crippen LogP contribution in [-0.4, -0.2) is 79.2 Å². The summed E-state index contributed by atoms with van der Waals surface area (Å²) in [5, 5.41) is 29.0. The average molecular weight is 669 g/mol. The summed E-state index contributed by atoms with van der Waals surface area (Å²) in [6.45, 7) is 12.2. The number of anilines is 1. The Morgan fingerprint density at radius 2 is 1.94 bits per heavy atom. The van der Waals surface area contributed by atoms with Gasteiger partial charge in [0, 0.05) is 47.8 Å². The predicted octanol–water partition coefficient (Wildman–Crippen LogP) is 5.88. The fourth-order valence-electron chi connectivity index (χ4n) is 7.34. The Kier molecular flexibility index (Phi) is 11.3. The van der Waals surface area contributed by atoms with E-state index >= 15 is 4.39 Å². The van der Waals surface area contributed by atoms with Crippen molar-refractivity contribution in [2.75, 3.05) is 32.6 Å². The first kappa shape index (κ1) is 36.9. The molecule has 2 aliphatic rings. The van der Waals surface area contributed by atoms with Gasteiger partial charge in [-0.25, -0.2) is 9.18 Å². The lowest BCUT2D eigenvalue weighted by Crippen LogP contribution is -2.56. The van der Waals surface area contributed by atoms with Crippen LogP contribution in [0.25, 0.3) is 21.6 Å². The predicted molar refractivity (Wildman–Crippen MR) is 181 cm³/mol. The number of azide groups is 1. The Balaban J connectivity index is 1.77. The Labute approximate surface area is 281 Å². The van der Waals surface area contributed by atoms with Gasteiger partial charge in [0.2, 0.25) is 5.91 Å². The number of carbonyl (C=O) groups is 2. The van der Waals surface area contributed by atoms with E-state index in [4.69, 9.17) is 15.1 Å². The van der Waals surface area contributed by atoms with Crippen molar-refractivity contribution in [1.29, 1.82) is 0 Å². The van der Waals surface area contributed by atoms with Crippen LogP contribution in [0.2, 0.25) is 0 Å². The molecule has 0 bridgehead atoms. The quantitative estimate of drug-likeness (QED) is 0.152. The molecule has 0 unspecified atom stereocenters. The van der Waals surface area contributed by atoms with E-state index in [-0.39, 0.29) is 53.2 Å². The highest BCUT2D eigenvalue weighted by Crippen LogP contribution is 2.48. The van der Waals surface area contributed by atoms with Crippen molar-refractivity contribution in [3.63, 3.8) is 0 Å². The lowest BCUT2D eigenvalue weighted by Gasteiger charge is -2.50. The first-order chi connectivity index (χ1) is 22.5. The number of halogens is 1. The highest BCUT2D eigenvalue weighted by Gasteiger charge is 2.51. The molecule has 2 aromatic carbocycles. The zero-order chi connectivity index (χ0) is 35.7. The van der Waals surface area contributed by atoms with Gasteiger partial charge in [0.05, 0.1) is 38.0 Å². The van der Waals surface area contributed by atoms with Crippen LogP contribution < -0.4 is 15.0 Å². The summed E-state index contributed by atoms with van der Waals surface area (Å²) >= 11 is 0. The van der Waals surface area contributed by atoms with Crippen LogP contribution in [0.1, 0.15) is 63.9 Å². The maximum atomic E-state index is 15.8. The lowest BCUT2D eigenvalue weighted by atomic mass is 9.58. The Morgan fingerprint density at radius 1 is 1.25 bits per heavy atom. The van der Waals surface area contributed by atoms with Crippen molar-refractivity contribution in [2.45, 2.75) is 78.8 Å². The van der Waals surface area contributed by atoms with Crippen LogP contribution in [0.15, 0.2) is 35.4 Å². The fourth-order valence-corrected chi connectivity index (χ4v) is 7.34. The third-order valence-electron chi connectivity index (χ3n) is 11.0. The van der Waals surface area contributed by atoms with Gasteiger partial charge in [-0.1, -0.05) is 39.7 Å². The van der Waals surface area contributed by atoms with E-state index in [2.05, 4.69) is 50.0 Å². The third-order valence-corrected chi connectivity index (χ3v) is 11.0. The molecule has 0 spiro atoms. The number of carbonyl (C=O) groups excluding carboxylic acids is 1. The van der Waals surface area contributed by atoms with E-state index in [1.54, 1.807) is 38.1 Å². The van der Waals surface area contributed by atoms with Gasteiger partial charge in [0.15, 0.2) is 0 Å². The molecular weight excluding hydrogens is 619 g/mol. The first-order valence-corrected chi connectivity index (χ1v) is 16.4. The second kappa shape index (κ2) is 14.7. The molecule has 262 valence electrons. The van der Waals surface area contributed by atoms with Crippen molar-refractivity contribution < 1.29 is 33.8 Å². The number of nitrogens with zero attached hydrogens (tertiary/aromatic N) is 5. The van der Waals surface area contributed by atoms with E-state index in [1.807, 2.05) is 0 Å². The highest BCUT2D eigenvalue weighted by molar-refractivity contribution is 5.92. The van der Waals surface area contributed by atoms with Crippen LogP contribution in [-0.2, 0) is 16.2 Å². The van der Waals surface area contributed by atoms with E-state index < -0.39 is 36.0 Å². The molecule has 1 aliphatic carbocycles. The third kappa shape index (κ3) is 7.24. The van der Waals surface area contributed by atoms with Crippen molar-refractivity contribution in [3.8, 4) is 16.9 Å². The molecular formula is C35H49FN6O6. The fraction of sp³-hybridized carbons (Fsp3) is 0.600. The van der Waals surface area contributed by atoms with Gasteiger partial charge in [-0.2, -0.15) is 5.06 Å². The standard InChI is InChI=1S/C35H49FN6O6/c1-18-12-28(19(2)20(3)35(18,5)6)39-33(44)31-30(21(4)43)29(16-38-40-37)48-42(31)17-26-27(36)11-10-25(32(26)47-9)22-13-23(34(45)46)15-24(14-22)41(7)8/h10-11,13-15,18-21,28-31,43H,12,16-17H2,1-9H3,(H,39,44)(H,45,46)/t18-,19+,20+,21+,28+,29+,30-,31+/m1/s1. The molecule has 1 heterocycles. The summed E-state index contributed by atoms with van der Waals surface area (Å²) in [7, 11) is 4.97. The second-order valence-electron chi connectivity index (χ2n) is 14.2. The Bertz CT molecular complexity index is 1560. The molecule has 0 radical (unpaired) electrons. The number of benzene rings is 2. The number of nitrogens with one attached hydrogen (secondary N) is 1. The van der Waals surface area contributed by atoms with E-state index in [0.29, 0.717) is 28.7 Å². The smallest absolute Gasteiger partial charge is 0.335 e. The van der Waals surface area contributed by atoms with Gasteiger partial charge >= 0.3 is 5.97 Å². The summed E-state index contributed by atoms with van der Waals surface area (Å²) in [4.78, 5) is 37.1. The largest absolute Gasteiger partial charge is 0.496 e. The molecule has 0 aromatic heterocycles. The number of carboxylic acid groups (broad SMARTS) is 1. The van der Waals surface area contributed by atoms with Crippen LogP contribution in [0, 0.1) is 34.9 Å². The first-order valence-electron chi connectivity index (χ1n) is 16.4. The summed E-state index contributed by atoms with van der Waals surface area (Å²) < 4.78 is 21.6. The number of amides is 1. The summed E-state index contributed by atoms with van der Waals surface area (Å²) in [5.41, 5.74) is 10.8. The number of aliphatic hydroxyl groups is 1. The number of hydrogen-bond acceptors (Lipinski definition) is 8. The SMILES string of the molecule is COc1c(-c2cc(C(=O)O)cc(N(C)C)c2)ccc(F)c1CN1O[C@@H](CN=[N+]=[N-])[C@@H]([C@H](C)O)[C@H]1C(=O)N[C@H]1C[C@@H](C)C(C)(C)[C@@H](C)[C@@H]1C.